The fraction of sp³-hybridized carbons (Fsp3) is 0.125. The number of hydrogen-bond acceptors (Lipinski definition) is 9. The van der Waals surface area contributed by atoms with Crippen molar-refractivity contribution in [2.24, 2.45) is 0 Å². The summed E-state index contributed by atoms with van der Waals surface area (Å²) in [6.45, 7) is 0. The van der Waals surface area contributed by atoms with E-state index < -0.39 is 0 Å². The summed E-state index contributed by atoms with van der Waals surface area (Å²) in [5.74, 6) is 2.90. The van der Waals surface area contributed by atoms with E-state index in [1.54, 1.807) is 47.3 Å². The van der Waals surface area contributed by atoms with Crippen LogP contribution in [0.1, 0.15) is 11.4 Å². The molecule has 5 aromatic rings. The predicted octanol–water partition coefficient (Wildman–Crippen LogP) is 3.21. The third-order valence-corrected chi connectivity index (χ3v) is 6.90. The second-order valence-electron chi connectivity index (χ2n) is 5.53. The molecule has 0 aromatic carbocycles. The molecule has 8 nitrogen and oxygen atoms in total. The van der Waals surface area contributed by atoms with Crippen molar-refractivity contribution in [2.45, 2.75) is 20.2 Å². The van der Waals surface area contributed by atoms with Gasteiger partial charge < -0.3 is 0 Å². The first-order valence-corrected chi connectivity index (χ1v) is 10.8. The summed E-state index contributed by atoms with van der Waals surface area (Å²) < 4.78 is 5.69. The maximum absolute atomic E-state index is 4.50. The molecule has 0 aliphatic heterocycles. The number of hydrogen-bond donors (Lipinski definition) is 0. The van der Waals surface area contributed by atoms with E-state index in [1.807, 2.05) is 45.7 Å². The van der Waals surface area contributed by atoms with E-state index in [4.69, 9.17) is 0 Å². The summed E-state index contributed by atoms with van der Waals surface area (Å²) in [6.07, 6.45) is 11.3. The molecule has 0 N–H and O–H groups in total. The SMILES string of the molecule is c1cnc2nc(CSc3nnc(SCc4cn5cccnc5n4)s3)cn2c1. The van der Waals surface area contributed by atoms with Crippen molar-refractivity contribution in [1.82, 2.24) is 38.9 Å². The van der Waals surface area contributed by atoms with Gasteiger partial charge in [-0.05, 0) is 12.1 Å². The Labute approximate surface area is 166 Å². The van der Waals surface area contributed by atoms with Gasteiger partial charge in [0, 0.05) is 48.7 Å². The van der Waals surface area contributed by atoms with Crippen LogP contribution in [0, 0.1) is 0 Å². The Hall–Kier alpha value is -2.50. The molecule has 27 heavy (non-hydrogen) atoms. The van der Waals surface area contributed by atoms with E-state index in [0.29, 0.717) is 11.6 Å². The van der Waals surface area contributed by atoms with Gasteiger partial charge in [0.25, 0.3) is 0 Å². The normalized spacial score (nSPS) is 11.6. The lowest BCUT2D eigenvalue weighted by Crippen LogP contribution is -1.83. The number of aromatic nitrogens is 8. The van der Waals surface area contributed by atoms with E-state index in [-0.39, 0.29) is 0 Å². The Balaban J connectivity index is 1.20. The van der Waals surface area contributed by atoms with Crippen LogP contribution in [0.4, 0.5) is 0 Å². The van der Waals surface area contributed by atoms with Crippen LogP contribution in [0.25, 0.3) is 11.6 Å². The average molecular weight is 413 g/mol. The van der Waals surface area contributed by atoms with Gasteiger partial charge in [-0.2, -0.15) is 0 Å². The van der Waals surface area contributed by atoms with Crippen molar-refractivity contribution in [3.8, 4) is 0 Å². The molecule has 0 radical (unpaired) electrons. The predicted molar refractivity (Wildman–Crippen MR) is 105 cm³/mol. The molecular weight excluding hydrogens is 400 g/mol. The highest BCUT2D eigenvalue weighted by Crippen LogP contribution is 2.31. The Morgan fingerprint density at radius 1 is 0.778 bits per heavy atom. The van der Waals surface area contributed by atoms with Gasteiger partial charge in [-0.25, -0.2) is 19.9 Å². The molecule has 134 valence electrons. The molecule has 0 atom stereocenters. The third-order valence-electron chi connectivity index (χ3n) is 3.65. The molecule has 11 heteroatoms. The number of fused-ring (bicyclic) bond motifs is 2. The number of nitrogens with zero attached hydrogens (tertiary/aromatic N) is 8. The van der Waals surface area contributed by atoms with Crippen molar-refractivity contribution in [3.63, 3.8) is 0 Å². The molecule has 0 unspecified atom stereocenters. The van der Waals surface area contributed by atoms with Crippen LogP contribution >= 0.6 is 34.9 Å². The third kappa shape index (κ3) is 3.66. The molecule has 0 aliphatic rings. The number of rotatable bonds is 6. The quantitative estimate of drug-likeness (QED) is 0.393. The second kappa shape index (κ2) is 7.25. The van der Waals surface area contributed by atoms with Crippen molar-refractivity contribution < 1.29 is 0 Å². The maximum atomic E-state index is 4.50. The molecule has 0 amide bonds. The number of thioether (sulfide) groups is 2. The van der Waals surface area contributed by atoms with Crippen molar-refractivity contribution in [2.75, 3.05) is 0 Å². The van der Waals surface area contributed by atoms with Crippen LogP contribution in [-0.2, 0) is 11.5 Å². The summed E-state index contributed by atoms with van der Waals surface area (Å²) in [7, 11) is 0. The minimum atomic E-state index is 0.712. The van der Waals surface area contributed by atoms with Crippen LogP contribution in [-0.4, -0.2) is 38.9 Å². The molecule has 0 saturated heterocycles. The smallest absolute Gasteiger partial charge is 0.233 e. The summed E-state index contributed by atoms with van der Waals surface area (Å²) in [4.78, 5) is 17.5. The van der Waals surface area contributed by atoms with E-state index >= 15 is 0 Å². The molecule has 0 aliphatic carbocycles. The molecule has 0 spiro atoms. The molecule has 0 fully saturated rings. The Bertz CT molecular complexity index is 1050. The zero-order valence-electron chi connectivity index (χ0n) is 13.8. The Kier molecular flexibility index (Phi) is 4.47. The van der Waals surface area contributed by atoms with Crippen molar-refractivity contribution in [3.05, 3.63) is 60.7 Å². The molecule has 5 heterocycles. The van der Waals surface area contributed by atoms with Gasteiger partial charge in [-0.1, -0.05) is 34.9 Å². The van der Waals surface area contributed by atoms with Crippen molar-refractivity contribution in [1.29, 1.82) is 0 Å². The van der Waals surface area contributed by atoms with E-state index in [9.17, 15) is 0 Å². The van der Waals surface area contributed by atoms with Crippen molar-refractivity contribution >= 4 is 46.4 Å². The Morgan fingerprint density at radius 2 is 1.30 bits per heavy atom. The number of imidazole rings is 2. The van der Waals surface area contributed by atoms with Gasteiger partial charge in [0.05, 0.1) is 11.4 Å². The first-order chi connectivity index (χ1) is 13.3. The standard InChI is InChI=1S/C16H12N8S3/c1-3-17-13-19-11(7-23(13)5-1)9-25-15-21-22-16(27-15)26-10-12-8-24-6-2-4-18-14(24)20-12/h1-8H,9-10H2. The highest BCUT2D eigenvalue weighted by Gasteiger charge is 2.10. The lowest BCUT2D eigenvalue weighted by atomic mass is 10.6. The van der Waals surface area contributed by atoms with Crippen LogP contribution in [0.15, 0.2) is 58.0 Å². The van der Waals surface area contributed by atoms with Gasteiger partial charge in [-0.3, -0.25) is 8.80 Å². The Morgan fingerprint density at radius 3 is 1.78 bits per heavy atom. The van der Waals surface area contributed by atoms with Gasteiger partial charge in [0.2, 0.25) is 11.6 Å². The summed E-state index contributed by atoms with van der Waals surface area (Å²) in [5, 5.41) is 8.53. The van der Waals surface area contributed by atoms with Crippen LogP contribution in [0.5, 0.6) is 0 Å². The zero-order chi connectivity index (χ0) is 18.1. The highest BCUT2D eigenvalue weighted by molar-refractivity contribution is 8.02. The lowest BCUT2D eigenvalue weighted by molar-refractivity contribution is 0.953. The lowest BCUT2D eigenvalue weighted by Gasteiger charge is -1.92. The van der Waals surface area contributed by atoms with Gasteiger partial charge in [-0.15, -0.1) is 10.2 Å². The van der Waals surface area contributed by atoms with Crippen LogP contribution < -0.4 is 0 Å². The maximum Gasteiger partial charge on any atom is 0.233 e. The van der Waals surface area contributed by atoms with Gasteiger partial charge in [0.1, 0.15) is 0 Å². The average Bonchev–Trinajstić information content (AvgIpc) is 3.41. The minimum absolute atomic E-state index is 0.712. The van der Waals surface area contributed by atoms with E-state index in [2.05, 4.69) is 30.1 Å². The summed E-state index contributed by atoms with van der Waals surface area (Å²) >= 11 is 4.86. The largest absolute Gasteiger partial charge is 0.291 e. The fourth-order valence-corrected chi connectivity index (χ4v) is 5.27. The molecule has 5 aromatic heterocycles. The van der Waals surface area contributed by atoms with E-state index in [0.717, 1.165) is 31.6 Å². The second-order valence-corrected chi connectivity index (χ2v) is 8.95. The minimum Gasteiger partial charge on any atom is -0.291 e. The van der Waals surface area contributed by atoms with Crippen LogP contribution in [0.3, 0.4) is 0 Å². The molecule has 0 bridgehead atoms. The molecule has 5 rings (SSSR count). The molecular formula is C16H12N8S3. The highest BCUT2D eigenvalue weighted by atomic mass is 32.2. The summed E-state index contributed by atoms with van der Waals surface area (Å²) in [6, 6.07) is 3.78. The molecule has 0 saturated carbocycles. The monoisotopic (exact) mass is 412 g/mol. The topological polar surface area (TPSA) is 86.2 Å². The zero-order valence-corrected chi connectivity index (χ0v) is 16.3. The van der Waals surface area contributed by atoms with Gasteiger partial charge in [0.15, 0.2) is 8.68 Å². The van der Waals surface area contributed by atoms with E-state index in [1.165, 1.54) is 0 Å². The van der Waals surface area contributed by atoms with Gasteiger partial charge >= 0.3 is 0 Å². The first kappa shape index (κ1) is 16.7. The summed E-state index contributed by atoms with van der Waals surface area (Å²) in [5.41, 5.74) is 1.95. The van der Waals surface area contributed by atoms with Crippen LogP contribution in [0.2, 0.25) is 0 Å². The fourth-order valence-electron chi connectivity index (χ4n) is 2.48. The first-order valence-electron chi connectivity index (χ1n) is 8.00.